The van der Waals surface area contributed by atoms with Crippen LogP contribution in [0.2, 0.25) is 5.28 Å². The third-order valence-electron chi connectivity index (χ3n) is 2.69. The number of nitrogens with one attached hydrogen (secondary N) is 1. The standard InChI is InChI=1S/C13H15ClFN5/c1-8(9-5-4-6-10(15)7-9)16-12-17-11(14)18-13(19-12)20(2)3/h4-8H,1-3H3,(H,16,17,18,19). The fourth-order valence-corrected chi connectivity index (χ4v) is 1.81. The zero-order valence-corrected chi connectivity index (χ0v) is 12.2. The Balaban J connectivity index is 2.21. The van der Waals surface area contributed by atoms with E-state index in [4.69, 9.17) is 11.6 Å². The maximum absolute atomic E-state index is 13.2. The molecule has 0 spiro atoms. The highest BCUT2D eigenvalue weighted by Crippen LogP contribution is 2.19. The quantitative estimate of drug-likeness (QED) is 0.940. The summed E-state index contributed by atoms with van der Waals surface area (Å²) in [5.74, 6) is 0.531. The van der Waals surface area contributed by atoms with Gasteiger partial charge in [0.15, 0.2) is 0 Å². The lowest BCUT2D eigenvalue weighted by Crippen LogP contribution is -2.16. The van der Waals surface area contributed by atoms with Crippen LogP contribution in [0.15, 0.2) is 24.3 Å². The van der Waals surface area contributed by atoms with Crippen LogP contribution in [0.3, 0.4) is 0 Å². The van der Waals surface area contributed by atoms with Crippen molar-refractivity contribution in [1.82, 2.24) is 15.0 Å². The van der Waals surface area contributed by atoms with E-state index < -0.39 is 0 Å². The highest BCUT2D eigenvalue weighted by atomic mass is 35.5. The molecule has 0 radical (unpaired) electrons. The van der Waals surface area contributed by atoms with E-state index in [0.29, 0.717) is 11.9 Å². The molecular weight excluding hydrogens is 281 g/mol. The van der Waals surface area contributed by atoms with Crippen molar-refractivity contribution in [3.63, 3.8) is 0 Å². The molecule has 5 nitrogen and oxygen atoms in total. The van der Waals surface area contributed by atoms with Crippen LogP contribution in [0, 0.1) is 5.82 Å². The number of halogens is 2. The summed E-state index contributed by atoms with van der Waals surface area (Å²) in [4.78, 5) is 14.0. The van der Waals surface area contributed by atoms with Crippen molar-refractivity contribution < 1.29 is 4.39 Å². The molecular formula is C13H15ClFN5. The van der Waals surface area contributed by atoms with Crippen LogP contribution in [0.4, 0.5) is 16.3 Å². The van der Waals surface area contributed by atoms with Crippen molar-refractivity contribution in [1.29, 1.82) is 0 Å². The molecule has 1 atom stereocenters. The summed E-state index contributed by atoms with van der Waals surface area (Å²) >= 11 is 5.86. The average molecular weight is 296 g/mol. The lowest BCUT2D eigenvalue weighted by molar-refractivity contribution is 0.623. The third kappa shape index (κ3) is 3.54. The van der Waals surface area contributed by atoms with Crippen molar-refractivity contribution in [3.8, 4) is 0 Å². The number of benzene rings is 1. The molecule has 0 aliphatic rings. The largest absolute Gasteiger partial charge is 0.348 e. The van der Waals surface area contributed by atoms with Gasteiger partial charge in [0, 0.05) is 14.1 Å². The molecule has 0 aliphatic heterocycles. The molecule has 1 heterocycles. The highest BCUT2D eigenvalue weighted by Gasteiger charge is 2.11. The minimum absolute atomic E-state index is 0.109. The minimum Gasteiger partial charge on any atom is -0.348 e. The van der Waals surface area contributed by atoms with Crippen molar-refractivity contribution in [2.75, 3.05) is 24.3 Å². The maximum Gasteiger partial charge on any atom is 0.230 e. The second-order valence-corrected chi connectivity index (χ2v) is 4.88. The lowest BCUT2D eigenvalue weighted by atomic mass is 10.1. The van der Waals surface area contributed by atoms with Gasteiger partial charge in [0.1, 0.15) is 5.82 Å². The average Bonchev–Trinajstić information content (AvgIpc) is 2.37. The third-order valence-corrected chi connectivity index (χ3v) is 2.86. The van der Waals surface area contributed by atoms with E-state index in [1.54, 1.807) is 11.0 Å². The minimum atomic E-state index is -0.279. The van der Waals surface area contributed by atoms with Crippen LogP contribution in [-0.4, -0.2) is 29.0 Å². The zero-order valence-electron chi connectivity index (χ0n) is 11.4. The number of nitrogens with zero attached hydrogens (tertiary/aromatic N) is 4. The fourth-order valence-electron chi connectivity index (χ4n) is 1.66. The molecule has 0 fully saturated rings. The first-order chi connectivity index (χ1) is 9.45. The maximum atomic E-state index is 13.2. The Kier molecular flexibility index (Phi) is 4.34. The van der Waals surface area contributed by atoms with Crippen LogP contribution < -0.4 is 10.2 Å². The van der Waals surface area contributed by atoms with Gasteiger partial charge in [0.25, 0.3) is 0 Å². The summed E-state index contributed by atoms with van der Waals surface area (Å²) in [6.07, 6.45) is 0. The Labute approximate surface area is 121 Å². The first kappa shape index (κ1) is 14.5. The van der Waals surface area contributed by atoms with Gasteiger partial charge in [-0.05, 0) is 36.2 Å². The molecule has 1 aromatic carbocycles. The van der Waals surface area contributed by atoms with Gasteiger partial charge in [-0.2, -0.15) is 15.0 Å². The number of hydrogen-bond acceptors (Lipinski definition) is 5. The van der Waals surface area contributed by atoms with E-state index in [1.165, 1.54) is 12.1 Å². The lowest BCUT2D eigenvalue weighted by Gasteiger charge is -2.16. The predicted octanol–water partition coefficient (Wildman–Crippen LogP) is 2.90. The van der Waals surface area contributed by atoms with Gasteiger partial charge in [-0.1, -0.05) is 12.1 Å². The first-order valence-corrected chi connectivity index (χ1v) is 6.44. The van der Waals surface area contributed by atoms with Crippen molar-refractivity contribution in [2.24, 2.45) is 0 Å². The summed E-state index contributed by atoms with van der Waals surface area (Å²) in [6.45, 7) is 1.89. The molecule has 0 aliphatic carbocycles. The van der Waals surface area contributed by atoms with Gasteiger partial charge in [0.05, 0.1) is 6.04 Å². The van der Waals surface area contributed by atoms with Gasteiger partial charge >= 0.3 is 0 Å². The van der Waals surface area contributed by atoms with Gasteiger partial charge < -0.3 is 10.2 Å². The second-order valence-electron chi connectivity index (χ2n) is 4.54. The van der Waals surface area contributed by atoms with E-state index in [0.717, 1.165) is 5.56 Å². The number of hydrogen-bond donors (Lipinski definition) is 1. The Morgan fingerprint density at radius 2 is 2.00 bits per heavy atom. The molecule has 0 bridgehead atoms. The molecule has 1 aromatic heterocycles. The van der Waals surface area contributed by atoms with Gasteiger partial charge in [-0.25, -0.2) is 4.39 Å². The predicted molar refractivity (Wildman–Crippen MR) is 77.6 cm³/mol. The molecule has 7 heteroatoms. The Hall–Kier alpha value is -1.95. The van der Waals surface area contributed by atoms with Crippen LogP contribution in [0.25, 0.3) is 0 Å². The van der Waals surface area contributed by atoms with Crippen LogP contribution in [0.1, 0.15) is 18.5 Å². The van der Waals surface area contributed by atoms with E-state index in [2.05, 4.69) is 20.3 Å². The van der Waals surface area contributed by atoms with Crippen molar-refractivity contribution in [3.05, 3.63) is 40.9 Å². The zero-order chi connectivity index (χ0) is 14.7. The van der Waals surface area contributed by atoms with Crippen LogP contribution in [-0.2, 0) is 0 Å². The number of aromatic nitrogens is 3. The molecule has 1 N–H and O–H groups in total. The Morgan fingerprint density at radius 3 is 2.65 bits per heavy atom. The molecule has 0 saturated carbocycles. The SMILES string of the molecule is CC(Nc1nc(Cl)nc(N(C)C)n1)c1cccc(F)c1. The normalized spacial score (nSPS) is 12.1. The first-order valence-electron chi connectivity index (χ1n) is 6.06. The smallest absolute Gasteiger partial charge is 0.230 e. The van der Waals surface area contributed by atoms with E-state index in [9.17, 15) is 4.39 Å². The fraction of sp³-hybridized carbons (Fsp3) is 0.308. The number of rotatable bonds is 4. The monoisotopic (exact) mass is 295 g/mol. The molecule has 106 valence electrons. The van der Waals surface area contributed by atoms with Crippen molar-refractivity contribution in [2.45, 2.75) is 13.0 Å². The summed E-state index contributed by atoms with van der Waals surface area (Å²) in [6, 6.07) is 6.21. The van der Waals surface area contributed by atoms with E-state index in [-0.39, 0.29) is 17.1 Å². The highest BCUT2D eigenvalue weighted by molar-refractivity contribution is 6.28. The van der Waals surface area contributed by atoms with Crippen molar-refractivity contribution >= 4 is 23.5 Å². The molecule has 2 aromatic rings. The Morgan fingerprint density at radius 1 is 1.25 bits per heavy atom. The van der Waals surface area contributed by atoms with Gasteiger partial charge in [-0.15, -0.1) is 0 Å². The molecule has 20 heavy (non-hydrogen) atoms. The number of anilines is 2. The van der Waals surface area contributed by atoms with Gasteiger partial charge in [-0.3, -0.25) is 0 Å². The van der Waals surface area contributed by atoms with E-state index >= 15 is 0 Å². The summed E-state index contributed by atoms with van der Waals surface area (Å²) in [5, 5.41) is 3.19. The molecule has 1 unspecified atom stereocenters. The summed E-state index contributed by atoms with van der Waals surface area (Å²) in [7, 11) is 3.62. The summed E-state index contributed by atoms with van der Waals surface area (Å²) in [5.41, 5.74) is 0.799. The van der Waals surface area contributed by atoms with Crippen LogP contribution >= 0.6 is 11.6 Å². The molecule has 0 saturated heterocycles. The van der Waals surface area contributed by atoms with Gasteiger partial charge in [0.2, 0.25) is 17.2 Å². The molecule has 2 rings (SSSR count). The second kappa shape index (κ2) is 6.00. The van der Waals surface area contributed by atoms with E-state index in [1.807, 2.05) is 27.1 Å². The molecule has 0 amide bonds. The topological polar surface area (TPSA) is 53.9 Å². The summed E-state index contributed by atoms with van der Waals surface area (Å²) < 4.78 is 13.2. The van der Waals surface area contributed by atoms with Crippen LogP contribution in [0.5, 0.6) is 0 Å². The Bertz CT molecular complexity index is 605.